The minimum absolute atomic E-state index is 0.451. The second kappa shape index (κ2) is 4.66. The molecule has 12 heavy (non-hydrogen) atoms. The Hall–Kier alpha value is -0.300. The van der Waals surface area contributed by atoms with E-state index in [-0.39, 0.29) is 0 Å². The van der Waals surface area contributed by atoms with E-state index in [1.165, 1.54) is 32.1 Å². The van der Waals surface area contributed by atoms with Crippen molar-refractivity contribution in [3.05, 3.63) is 11.6 Å². The average molecular weight is 167 g/mol. The lowest BCUT2D eigenvalue weighted by atomic mass is 9.91. The number of rotatable bonds is 1. The average Bonchev–Trinajstić information content (AvgIpc) is 1.97. The zero-order valence-electron chi connectivity index (χ0n) is 8.34. The van der Waals surface area contributed by atoms with Gasteiger partial charge in [-0.15, -0.1) is 0 Å². The molecule has 1 rings (SSSR count). The van der Waals surface area contributed by atoms with Crippen LogP contribution in [-0.4, -0.2) is 6.04 Å². The van der Waals surface area contributed by atoms with Gasteiger partial charge in [-0.2, -0.15) is 0 Å². The number of allylic oxidation sites excluding steroid dienone is 2. The first kappa shape index (κ1) is 9.79. The van der Waals surface area contributed by atoms with Crippen molar-refractivity contribution in [1.82, 2.24) is 0 Å². The van der Waals surface area contributed by atoms with E-state index in [1.54, 1.807) is 5.57 Å². The number of nitrogens with two attached hydrogens (primary N) is 1. The Morgan fingerprint density at radius 3 is 2.83 bits per heavy atom. The van der Waals surface area contributed by atoms with Crippen LogP contribution in [0.4, 0.5) is 0 Å². The highest BCUT2D eigenvalue weighted by Gasteiger charge is 2.09. The Morgan fingerprint density at radius 2 is 2.17 bits per heavy atom. The Kier molecular flexibility index (Phi) is 3.80. The van der Waals surface area contributed by atoms with Gasteiger partial charge in [-0.25, -0.2) is 0 Å². The first-order valence-electron chi connectivity index (χ1n) is 5.14. The molecule has 0 saturated heterocycles. The molecule has 0 heterocycles. The van der Waals surface area contributed by atoms with Crippen LogP contribution in [0.5, 0.6) is 0 Å². The third-order valence-corrected chi connectivity index (χ3v) is 2.73. The molecule has 0 aromatic rings. The first-order valence-corrected chi connectivity index (χ1v) is 5.14. The Balaban J connectivity index is 2.50. The summed E-state index contributed by atoms with van der Waals surface area (Å²) >= 11 is 0. The molecule has 0 saturated carbocycles. The van der Waals surface area contributed by atoms with Crippen LogP contribution >= 0.6 is 0 Å². The van der Waals surface area contributed by atoms with Gasteiger partial charge in [-0.3, -0.25) is 0 Å². The zero-order valence-corrected chi connectivity index (χ0v) is 8.34. The Labute approximate surface area is 76.0 Å². The van der Waals surface area contributed by atoms with Gasteiger partial charge in [0, 0.05) is 6.04 Å². The molecule has 0 radical (unpaired) electrons. The summed E-state index contributed by atoms with van der Waals surface area (Å²) in [6, 6.07) is 0.451. The molecular formula is C11H21N. The number of hydrogen-bond acceptors (Lipinski definition) is 1. The maximum absolute atomic E-state index is 5.94. The van der Waals surface area contributed by atoms with Gasteiger partial charge in [0.1, 0.15) is 0 Å². The summed E-state index contributed by atoms with van der Waals surface area (Å²) in [4.78, 5) is 0. The smallest absolute Gasteiger partial charge is 0.00419 e. The van der Waals surface area contributed by atoms with Crippen molar-refractivity contribution in [2.24, 2.45) is 11.7 Å². The SMILES string of the molecule is CC(C)C1=CCCCC(N)CC1. The van der Waals surface area contributed by atoms with E-state index in [0.29, 0.717) is 6.04 Å². The summed E-state index contributed by atoms with van der Waals surface area (Å²) in [5.41, 5.74) is 7.56. The number of hydrogen-bond donors (Lipinski definition) is 1. The lowest BCUT2D eigenvalue weighted by Crippen LogP contribution is -2.21. The maximum atomic E-state index is 5.94. The molecule has 0 aromatic heterocycles. The minimum atomic E-state index is 0.451. The van der Waals surface area contributed by atoms with Gasteiger partial charge in [0.15, 0.2) is 0 Å². The van der Waals surface area contributed by atoms with E-state index in [1.807, 2.05) is 0 Å². The van der Waals surface area contributed by atoms with E-state index < -0.39 is 0 Å². The summed E-state index contributed by atoms with van der Waals surface area (Å²) in [5, 5.41) is 0. The summed E-state index contributed by atoms with van der Waals surface area (Å²) in [7, 11) is 0. The standard InChI is InChI=1S/C11H21N/c1-9(2)10-5-3-4-6-11(12)8-7-10/h5,9,11H,3-4,6-8,12H2,1-2H3. The third kappa shape index (κ3) is 2.98. The highest BCUT2D eigenvalue weighted by atomic mass is 14.6. The van der Waals surface area contributed by atoms with Crippen molar-refractivity contribution in [2.45, 2.75) is 52.0 Å². The van der Waals surface area contributed by atoms with E-state index >= 15 is 0 Å². The van der Waals surface area contributed by atoms with E-state index in [2.05, 4.69) is 19.9 Å². The highest BCUT2D eigenvalue weighted by molar-refractivity contribution is 5.06. The second-order valence-corrected chi connectivity index (χ2v) is 4.16. The largest absolute Gasteiger partial charge is 0.328 e. The third-order valence-electron chi connectivity index (χ3n) is 2.73. The molecular weight excluding hydrogens is 146 g/mol. The summed E-state index contributed by atoms with van der Waals surface area (Å²) < 4.78 is 0. The summed E-state index contributed by atoms with van der Waals surface area (Å²) in [5.74, 6) is 0.718. The van der Waals surface area contributed by atoms with Crippen molar-refractivity contribution in [3.8, 4) is 0 Å². The normalized spacial score (nSPS) is 26.3. The van der Waals surface area contributed by atoms with Gasteiger partial charge in [0.05, 0.1) is 0 Å². The van der Waals surface area contributed by atoms with E-state index in [0.717, 1.165) is 5.92 Å². The molecule has 2 N–H and O–H groups in total. The predicted molar refractivity (Wildman–Crippen MR) is 54.0 cm³/mol. The maximum Gasteiger partial charge on any atom is 0.00419 e. The van der Waals surface area contributed by atoms with Gasteiger partial charge < -0.3 is 5.73 Å². The Morgan fingerprint density at radius 1 is 1.42 bits per heavy atom. The molecule has 1 heteroatoms. The fourth-order valence-corrected chi connectivity index (χ4v) is 1.79. The van der Waals surface area contributed by atoms with Gasteiger partial charge >= 0.3 is 0 Å². The highest BCUT2D eigenvalue weighted by Crippen LogP contribution is 2.21. The summed E-state index contributed by atoms with van der Waals surface area (Å²) in [6.07, 6.45) is 8.56. The van der Waals surface area contributed by atoms with Gasteiger partial charge in [0.25, 0.3) is 0 Å². The molecule has 70 valence electrons. The van der Waals surface area contributed by atoms with Crippen LogP contribution in [0.25, 0.3) is 0 Å². The Bertz CT molecular complexity index is 158. The monoisotopic (exact) mass is 167 g/mol. The van der Waals surface area contributed by atoms with E-state index in [9.17, 15) is 0 Å². The second-order valence-electron chi connectivity index (χ2n) is 4.16. The minimum Gasteiger partial charge on any atom is -0.328 e. The molecule has 1 nitrogen and oxygen atoms in total. The first-order chi connectivity index (χ1) is 5.70. The lowest BCUT2D eigenvalue weighted by molar-refractivity contribution is 0.517. The molecule has 0 aromatic carbocycles. The lowest BCUT2D eigenvalue weighted by Gasteiger charge is -2.18. The predicted octanol–water partition coefficient (Wildman–Crippen LogP) is 2.86. The van der Waals surface area contributed by atoms with Crippen LogP contribution in [0.3, 0.4) is 0 Å². The van der Waals surface area contributed by atoms with Crippen LogP contribution in [0.2, 0.25) is 0 Å². The van der Waals surface area contributed by atoms with Crippen molar-refractivity contribution < 1.29 is 0 Å². The van der Waals surface area contributed by atoms with Crippen molar-refractivity contribution in [1.29, 1.82) is 0 Å². The van der Waals surface area contributed by atoms with Crippen molar-refractivity contribution in [3.63, 3.8) is 0 Å². The van der Waals surface area contributed by atoms with Crippen molar-refractivity contribution >= 4 is 0 Å². The van der Waals surface area contributed by atoms with Crippen LogP contribution in [0, 0.1) is 5.92 Å². The summed E-state index contributed by atoms with van der Waals surface area (Å²) in [6.45, 7) is 4.55. The van der Waals surface area contributed by atoms with Crippen LogP contribution in [0.15, 0.2) is 11.6 Å². The molecule has 0 spiro atoms. The zero-order chi connectivity index (χ0) is 8.97. The van der Waals surface area contributed by atoms with Crippen LogP contribution < -0.4 is 5.73 Å². The molecule has 1 atom stereocenters. The quantitative estimate of drug-likeness (QED) is 0.597. The molecule has 1 aliphatic carbocycles. The topological polar surface area (TPSA) is 26.0 Å². The van der Waals surface area contributed by atoms with Crippen LogP contribution in [-0.2, 0) is 0 Å². The fourth-order valence-electron chi connectivity index (χ4n) is 1.79. The van der Waals surface area contributed by atoms with Gasteiger partial charge in [0.2, 0.25) is 0 Å². The molecule has 0 fully saturated rings. The molecule has 0 aliphatic heterocycles. The van der Waals surface area contributed by atoms with Gasteiger partial charge in [-0.1, -0.05) is 25.5 Å². The van der Waals surface area contributed by atoms with E-state index in [4.69, 9.17) is 5.73 Å². The molecule has 1 aliphatic rings. The molecule has 0 bridgehead atoms. The molecule has 1 unspecified atom stereocenters. The van der Waals surface area contributed by atoms with Gasteiger partial charge in [-0.05, 0) is 38.0 Å². The van der Waals surface area contributed by atoms with Crippen LogP contribution in [0.1, 0.15) is 46.0 Å². The molecule has 0 amide bonds. The van der Waals surface area contributed by atoms with Crippen molar-refractivity contribution in [2.75, 3.05) is 0 Å². The fraction of sp³-hybridized carbons (Fsp3) is 0.818.